The van der Waals surface area contributed by atoms with Crippen molar-refractivity contribution in [1.82, 2.24) is 10.2 Å². The Morgan fingerprint density at radius 3 is 2.79 bits per heavy atom. The zero-order valence-corrected chi connectivity index (χ0v) is 12.1. The molecule has 106 valence electrons. The molecule has 0 spiro atoms. The van der Waals surface area contributed by atoms with E-state index in [1.165, 1.54) is 17.8 Å². The molecule has 0 aliphatic carbocycles. The smallest absolute Gasteiger partial charge is 0.314 e. The van der Waals surface area contributed by atoms with Crippen molar-refractivity contribution in [3.63, 3.8) is 0 Å². The number of nitrogens with zero attached hydrogens (tertiary/aromatic N) is 2. The highest BCUT2D eigenvalue weighted by Crippen LogP contribution is 2.35. The summed E-state index contributed by atoms with van der Waals surface area (Å²) in [5.41, 5.74) is 0. The molecule has 0 bridgehead atoms. The SMILES string of the molecule is CCCC[C@H](c1ccc([N+](=O)[O-])s1)N1CCNCC1. The third kappa shape index (κ3) is 3.75. The molecule has 1 aliphatic rings. The Morgan fingerprint density at radius 2 is 2.21 bits per heavy atom. The van der Waals surface area contributed by atoms with E-state index in [4.69, 9.17) is 0 Å². The van der Waals surface area contributed by atoms with Crippen molar-refractivity contribution >= 4 is 16.3 Å². The van der Waals surface area contributed by atoms with Crippen molar-refractivity contribution in [3.8, 4) is 0 Å². The summed E-state index contributed by atoms with van der Waals surface area (Å²) in [5, 5.41) is 14.4. The molecule has 0 saturated carbocycles. The first-order valence-corrected chi connectivity index (χ1v) is 7.73. The molecule has 0 amide bonds. The van der Waals surface area contributed by atoms with Crippen molar-refractivity contribution in [1.29, 1.82) is 0 Å². The molecule has 1 atom stereocenters. The third-order valence-electron chi connectivity index (χ3n) is 3.54. The topological polar surface area (TPSA) is 58.4 Å². The van der Waals surface area contributed by atoms with Crippen molar-refractivity contribution in [2.75, 3.05) is 26.2 Å². The van der Waals surface area contributed by atoms with Gasteiger partial charge in [0.2, 0.25) is 0 Å². The van der Waals surface area contributed by atoms with Gasteiger partial charge in [0.05, 0.1) is 4.92 Å². The molecule has 1 aromatic heterocycles. The number of piperazine rings is 1. The van der Waals surface area contributed by atoms with Gasteiger partial charge >= 0.3 is 5.00 Å². The fraction of sp³-hybridized carbons (Fsp3) is 0.692. The van der Waals surface area contributed by atoms with Gasteiger partial charge < -0.3 is 5.32 Å². The van der Waals surface area contributed by atoms with Crippen molar-refractivity contribution in [2.45, 2.75) is 32.2 Å². The van der Waals surface area contributed by atoms with E-state index < -0.39 is 0 Å². The Balaban J connectivity index is 2.12. The van der Waals surface area contributed by atoms with Gasteiger partial charge in [0.15, 0.2) is 0 Å². The van der Waals surface area contributed by atoms with Gasteiger partial charge in [0.1, 0.15) is 0 Å². The lowest BCUT2D eigenvalue weighted by Gasteiger charge is -2.34. The van der Waals surface area contributed by atoms with E-state index in [9.17, 15) is 10.1 Å². The van der Waals surface area contributed by atoms with E-state index in [0.717, 1.165) is 43.9 Å². The zero-order chi connectivity index (χ0) is 13.7. The maximum absolute atomic E-state index is 10.8. The average molecular weight is 283 g/mol. The monoisotopic (exact) mass is 283 g/mol. The summed E-state index contributed by atoms with van der Waals surface area (Å²) >= 11 is 1.33. The average Bonchev–Trinajstić information content (AvgIpc) is 2.90. The third-order valence-corrected chi connectivity index (χ3v) is 4.68. The summed E-state index contributed by atoms with van der Waals surface area (Å²) in [4.78, 5) is 14.1. The normalized spacial score (nSPS) is 18.4. The van der Waals surface area contributed by atoms with Gasteiger partial charge in [0, 0.05) is 43.2 Å². The number of thiophene rings is 1. The second-order valence-electron chi connectivity index (χ2n) is 4.88. The summed E-state index contributed by atoms with van der Waals surface area (Å²) in [6.07, 6.45) is 3.42. The minimum Gasteiger partial charge on any atom is -0.314 e. The molecule has 1 N–H and O–H groups in total. The van der Waals surface area contributed by atoms with Crippen molar-refractivity contribution in [3.05, 3.63) is 27.1 Å². The molecule has 0 radical (unpaired) electrons. The van der Waals surface area contributed by atoms with Crippen LogP contribution in [-0.2, 0) is 0 Å². The molecule has 5 nitrogen and oxygen atoms in total. The van der Waals surface area contributed by atoms with Gasteiger partial charge in [-0.15, -0.1) is 0 Å². The summed E-state index contributed by atoms with van der Waals surface area (Å²) in [5.74, 6) is 0. The highest BCUT2D eigenvalue weighted by Gasteiger charge is 2.24. The zero-order valence-electron chi connectivity index (χ0n) is 11.3. The molecule has 0 aromatic carbocycles. The highest BCUT2D eigenvalue weighted by atomic mass is 32.1. The number of rotatable bonds is 6. The Bertz CT molecular complexity index is 416. The molecule has 2 rings (SSSR count). The predicted octanol–water partition coefficient (Wildman–Crippen LogP) is 2.79. The minimum absolute atomic E-state index is 0.256. The van der Waals surface area contributed by atoms with E-state index >= 15 is 0 Å². The quantitative estimate of drug-likeness (QED) is 0.644. The lowest BCUT2D eigenvalue weighted by Crippen LogP contribution is -2.45. The van der Waals surface area contributed by atoms with E-state index in [2.05, 4.69) is 17.1 Å². The Hall–Kier alpha value is -0.980. The number of hydrogen-bond acceptors (Lipinski definition) is 5. The van der Waals surface area contributed by atoms with Crippen LogP contribution in [0.3, 0.4) is 0 Å². The number of hydrogen-bond donors (Lipinski definition) is 1. The second kappa shape index (κ2) is 6.98. The van der Waals surface area contributed by atoms with Crippen LogP contribution in [0.25, 0.3) is 0 Å². The fourth-order valence-electron chi connectivity index (χ4n) is 2.52. The van der Waals surface area contributed by atoms with E-state index in [1.54, 1.807) is 6.07 Å². The first-order valence-electron chi connectivity index (χ1n) is 6.91. The maximum atomic E-state index is 10.8. The van der Waals surface area contributed by atoms with Gasteiger partial charge in [-0.3, -0.25) is 15.0 Å². The van der Waals surface area contributed by atoms with Crippen LogP contribution in [0.5, 0.6) is 0 Å². The number of nitrogens with one attached hydrogen (secondary N) is 1. The fourth-order valence-corrected chi connectivity index (χ4v) is 3.51. The molecule has 1 fully saturated rings. The lowest BCUT2D eigenvalue weighted by molar-refractivity contribution is -0.380. The highest BCUT2D eigenvalue weighted by molar-refractivity contribution is 7.15. The predicted molar refractivity (Wildman–Crippen MR) is 77.7 cm³/mol. The molecule has 1 saturated heterocycles. The lowest BCUT2D eigenvalue weighted by atomic mass is 10.1. The van der Waals surface area contributed by atoms with Crippen molar-refractivity contribution in [2.24, 2.45) is 0 Å². The van der Waals surface area contributed by atoms with Gasteiger partial charge in [-0.2, -0.15) is 0 Å². The van der Waals surface area contributed by atoms with Crippen LogP contribution in [0.1, 0.15) is 37.1 Å². The van der Waals surface area contributed by atoms with Crippen molar-refractivity contribution < 1.29 is 4.92 Å². The molecule has 2 heterocycles. The van der Waals surface area contributed by atoms with E-state index in [1.807, 2.05) is 6.07 Å². The van der Waals surface area contributed by atoms with Gasteiger partial charge in [0.25, 0.3) is 0 Å². The summed E-state index contributed by atoms with van der Waals surface area (Å²) in [6, 6.07) is 3.92. The van der Waals surface area contributed by atoms with Gasteiger partial charge in [-0.25, -0.2) is 0 Å². The minimum atomic E-state index is -0.289. The molecular formula is C13H21N3O2S. The summed E-state index contributed by atoms with van der Waals surface area (Å²) in [6.45, 7) is 6.26. The largest absolute Gasteiger partial charge is 0.324 e. The van der Waals surface area contributed by atoms with Crippen LogP contribution in [0.15, 0.2) is 12.1 Å². The van der Waals surface area contributed by atoms with Gasteiger partial charge in [-0.05, 0) is 12.5 Å². The van der Waals surface area contributed by atoms with E-state index in [-0.39, 0.29) is 9.92 Å². The summed E-state index contributed by atoms with van der Waals surface area (Å²) in [7, 11) is 0. The Morgan fingerprint density at radius 1 is 1.47 bits per heavy atom. The van der Waals surface area contributed by atoms with Crippen LogP contribution in [0.4, 0.5) is 5.00 Å². The molecule has 19 heavy (non-hydrogen) atoms. The Kier molecular flexibility index (Phi) is 5.30. The molecule has 0 unspecified atom stereocenters. The standard InChI is InChI=1S/C13H21N3O2S/c1-2-3-4-11(15-9-7-14-8-10-15)12-5-6-13(19-12)16(17)18/h5-6,11,14H,2-4,7-10H2,1H3/t11-/m1/s1. The first-order chi connectivity index (χ1) is 9.22. The Labute approximate surface area is 117 Å². The molecular weight excluding hydrogens is 262 g/mol. The number of nitro groups is 1. The van der Waals surface area contributed by atoms with Crippen LogP contribution >= 0.6 is 11.3 Å². The van der Waals surface area contributed by atoms with Crippen LogP contribution in [0, 0.1) is 10.1 Å². The maximum Gasteiger partial charge on any atom is 0.324 e. The molecule has 6 heteroatoms. The second-order valence-corrected chi connectivity index (χ2v) is 5.97. The number of unbranched alkanes of at least 4 members (excludes halogenated alkanes) is 1. The van der Waals surface area contributed by atoms with Crippen LogP contribution in [-0.4, -0.2) is 36.0 Å². The van der Waals surface area contributed by atoms with E-state index in [0.29, 0.717) is 6.04 Å². The van der Waals surface area contributed by atoms with Gasteiger partial charge in [-0.1, -0.05) is 31.1 Å². The first kappa shape index (κ1) is 14.4. The van der Waals surface area contributed by atoms with Crippen LogP contribution < -0.4 is 5.32 Å². The molecule has 1 aliphatic heterocycles. The molecule has 1 aromatic rings. The van der Waals surface area contributed by atoms with Crippen LogP contribution in [0.2, 0.25) is 0 Å². The summed E-state index contributed by atoms with van der Waals surface area (Å²) < 4.78 is 0.